The zero-order chi connectivity index (χ0) is 32.6. The van der Waals surface area contributed by atoms with Gasteiger partial charge in [0.05, 0.1) is 0 Å². The average Bonchev–Trinajstić information content (AvgIpc) is 3.98. The quantitative estimate of drug-likeness (QED) is 0.133. The monoisotopic (exact) mass is 871 g/mol. The number of thiophene rings is 8. The van der Waals surface area contributed by atoms with Crippen LogP contribution < -0.4 is 0 Å². The summed E-state index contributed by atoms with van der Waals surface area (Å²) in [5.41, 5.74) is 0. The summed E-state index contributed by atoms with van der Waals surface area (Å²) in [6.45, 7) is 0. The molecule has 0 spiro atoms. The first kappa shape index (κ1) is 39.8. The summed E-state index contributed by atoms with van der Waals surface area (Å²) < 4.78 is 0. The van der Waals surface area contributed by atoms with Crippen molar-refractivity contribution in [3.63, 3.8) is 0 Å². The summed E-state index contributed by atoms with van der Waals surface area (Å²) in [6, 6.07) is 36.9. The Labute approximate surface area is 351 Å². The largest absolute Gasteiger partial charge is 2.00 e. The molecule has 2 fully saturated rings. The van der Waals surface area contributed by atoms with Crippen molar-refractivity contribution in [1.29, 1.82) is 0 Å². The Kier molecular flexibility index (Phi) is 13.9. The van der Waals surface area contributed by atoms with Gasteiger partial charge in [-0.1, -0.05) is 56.4 Å². The van der Waals surface area contributed by atoms with Gasteiger partial charge in [0.1, 0.15) is 0 Å². The van der Waals surface area contributed by atoms with E-state index in [0.717, 1.165) is 0 Å². The minimum atomic E-state index is 0. The Hall–Kier alpha value is -1.89. The summed E-state index contributed by atoms with van der Waals surface area (Å²) in [4.78, 5) is 17.1. The molecule has 0 atom stereocenters. The minimum Gasteiger partial charge on any atom is -0.358 e. The van der Waals surface area contributed by atoms with Gasteiger partial charge in [-0.3, -0.25) is 0 Å². The van der Waals surface area contributed by atoms with Gasteiger partial charge in [0, 0.05) is 82.2 Å². The second kappa shape index (κ2) is 18.2. The standard InChI is InChI=1S/C36H24S8.C5H10.2CH3.Co/c1-5-21(37-17-1)25-9-13-29(41-25)33-34(30-14-10-26(42-30)22-6-2-18-38-22)36(32-16-12-28(44-32)24-8-4-20-40-24)35(33)31-15-11-27(43-31)23-7-3-19-39-23;1-2-4-5-3-1;;;/h1-20,33-36H;1-5H2;2*1H3;/q;;2*-1;+2. The fraction of sp³-hybridized carbons (Fsp3) is 0.209. The maximum absolute atomic E-state index is 2.44. The molecular formula is C43H40CoS8. The maximum Gasteiger partial charge on any atom is 2.00 e. The number of hydrogen-bond acceptors (Lipinski definition) is 8. The fourth-order valence-corrected chi connectivity index (χ4v) is 15.5. The molecule has 0 bridgehead atoms. The molecule has 2 saturated carbocycles. The molecule has 1 radical (unpaired) electrons. The molecule has 8 aromatic rings. The fourth-order valence-electron chi connectivity index (χ4n) is 7.38. The molecule has 269 valence electrons. The van der Waals surface area contributed by atoms with Gasteiger partial charge in [0.25, 0.3) is 0 Å². The van der Waals surface area contributed by atoms with Crippen LogP contribution in [0.25, 0.3) is 39.0 Å². The average molecular weight is 872 g/mol. The van der Waals surface area contributed by atoms with E-state index in [1.165, 1.54) is 90.6 Å². The topological polar surface area (TPSA) is 0 Å². The van der Waals surface area contributed by atoms with Gasteiger partial charge in [-0.15, -0.1) is 90.7 Å². The number of rotatable bonds is 8. The molecule has 2 aliphatic carbocycles. The van der Waals surface area contributed by atoms with Crippen LogP contribution >= 0.6 is 90.7 Å². The van der Waals surface area contributed by atoms with E-state index in [0.29, 0.717) is 23.7 Å². The predicted molar refractivity (Wildman–Crippen MR) is 237 cm³/mol. The third-order valence-electron chi connectivity index (χ3n) is 9.67. The molecule has 9 heteroatoms. The van der Waals surface area contributed by atoms with Crippen molar-refractivity contribution in [3.05, 3.63) is 153 Å². The Balaban J connectivity index is 0.000000538. The van der Waals surface area contributed by atoms with Crippen LogP contribution in [0.1, 0.15) is 75.3 Å². The van der Waals surface area contributed by atoms with Crippen LogP contribution in [0.3, 0.4) is 0 Å². The summed E-state index contributed by atoms with van der Waals surface area (Å²) in [5, 5.41) is 8.77. The van der Waals surface area contributed by atoms with Gasteiger partial charge >= 0.3 is 16.8 Å². The van der Waals surface area contributed by atoms with E-state index in [2.05, 4.69) is 119 Å². The van der Waals surface area contributed by atoms with E-state index in [9.17, 15) is 0 Å². The van der Waals surface area contributed by atoms with Crippen molar-refractivity contribution in [2.75, 3.05) is 0 Å². The first-order valence-corrected chi connectivity index (χ1v) is 23.6. The molecule has 0 unspecified atom stereocenters. The Morgan fingerprint density at radius 3 is 0.731 bits per heavy atom. The van der Waals surface area contributed by atoms with Gasteiger partial charge < -0.3 is 14.9 Å². The third-order valence-corrected chi connectivity index (χ3v) is 18.7. The molecule has 52 heavy (non-hydrogen) atoms. The van der Waals surface area contributed by atoms with Gasteiger partial charge in [0.2, 0.25) is 0 Å². The summed E-state index contributed by atoms with van der Waals surface area (Å²) in [6.07, 6.45) is 7.50. The zero-order valence-corrected chi connectivity index (χ0v) is 36.6. The van der Waals surface area contributed by atoms with Gasteiger partial charge in [-0.25, -0.2) is 0 Å². The summed E-state index contributed by atoms with van der Waals surface area (Å²) >= 11 is 15.4. The Bertz CT molecular complexity index is 1860. The van der Waals surface area contributed by atoms with Crippen molar-refractivity contribution in [2.45, 2.75) is 55.8 Å². The van der Waals surface area contributed by atoms with Crippen molar-refractivity contribution in [1.82, 2.24) is 0 Å². The van der Waals surface area contributed by atoms with Crippen LogP contribution in [-0.4, -0.2) is 0 Å². The van der Waals surface area contributed by atoms with Crippen molar-refractivity contribution in [3.8, 4) is 39.0 Å². The molecule has 2 aliphatic rings. The maximum atomic E-state index is 2.44. The van der Waals surface area contributed by atoms with Crippen LogP contribution in [0.2, 0.25) is 0 Å². The van der Waals surface area contributed by atoms with Gasteiger partial charge in [-0.2, -0.15) is 0 Å². The number of hydrogen-bond donors (Lipinski definition) is 0. The van der Waals surface area contributed by atoms with Crippen LogP contribution in [0.4, 0.5) is 0 Å². The molecular weight excluding hydrogens is 832 g/mol. The van der Waals surface area contributed by atoms with Crippen LogP contribution in [-0.2, 0) is 16.8 Å². The Morgan fingerprint density at radius 2 is 0.538 bits per heavy atom. The zero-order valence-electron chi connectivity index (χ0n) is 29.0. The van der Waals surface area contributed by atoms with E-state index in [-0.39, 0.29) is 31.6 Å². The first-order chi connectivity index (χ1) is 24.3. The first-order valence-electron chi connectivity index (χ1n) is 16.8. The normalized spacial score (nSPS) is 19.1. The molecule has 0 aromatic carbocycles. The SMILES string of the molecule is C1CCCC1.[CH3-].[CH3-].[Co+2].c1csc(-c2ccc(C3C(c4ccc(-c5cccs5)s4)C(c4ccc(-c5cccs5)s4)C3c3ccc(-c4cccs4)s3)s2)c1. The predicted octanol–water partition coefficient (Wildman–Crippen LogP) is 17.1. The third kappa shape index (κ3) is 8.06. The molecule has 8 heterocycles. The molecule has 10 rings (SSSR count). The molecule has 0 amide bonds. The van der Waals surface area contributed by atoms with Crippen molar-refractivity contribution in [2.24, 2.45) is 0 Å². The summed E-state index contributed by atoms with van der Waals surface area (Å²) in [7, 11) is 0. The van der Waals surface area contributed by atoms with E-state index in [1.54, 1.807) is 0 Å². The van der Waals surface area contributed by atoms with Crippen LogP contribution in [0.15, 0.2) is 119 Å². The molecule has 8 aromatic heterocycles. The second-order valence-corrected chi connectivity index (χ2v) is 20.8. The van der Waals surface area contributed by atoms with Crippen molar-refractivity contribution < 1.29 is 16.8 Å². The summed E-state index contributed by atoms with van der Waals surface area (Å²) in [5.74, 6) is 1.76. The molecule has 0 saturated heterocycles. The molecule has 0 aliphatic heterocycles. The van der Waals surface area contributed by atoms with E-state index in [4.69, 9.17) is 0 Å². The van der Waals surface area contributed by atoms with Gasteiger partial charge in [0.15, 0.2) is 0 Å². The van der Waals surface area contributed by atoms with E-state index < -0.39 is 0 Å². The van der Waals surface area contributed by atoms with E-state index in [1.807, 2.05) is 90.7 Å². The van der Waals surface area contributed by atoms with Gasteiger partial charge in [-0.05, 0) is 94.3 Å². The molecule has 0 N–H and O–H groups in total. The smallest absolute Gasteiger partial charge is 0.358 e. The van der Waals surface area contributed by atoms with E-state index >= 15 is 0 Å². The molecule has 0 nitrogen and oxygen atoms in total. The second-order valence-electron chi connectivity index (χ2n) is 12.6. The van der Waals surface area contributed by atoms with Crippen LogP contribution in [0.5, 0.6) is 0 Å². The Morgan fingerprint density at radius 1 is 0.308 bits per heavy atom. The van der Waals surface area contributed by atoms with Crippen LogP contribution in [0, 0.1) is 14.9 Å². The minimum absolute atomic E-state index is 0. The van der Waals surface area contributed by atoms with Crippen molar-refractivity contribution >= 4 is 90.7 Å².